The van der Waals surface area contributed by atoms with E-state index in [2.05, 4.69) is 6.58 Å². The van der Waals surface area contributed by atoms with E-state index in [1.54, 1.807) is 0 Å². The second kappa shape index (κ2) is 3.47. The number of nitrogens with zero attached hydrogens (tertiary/aromatic N) is 1. The molecule has 2 unspecified atom stereocenters. The Kier molecular flexibility index (Phi) is 2.55. The number of hydrogen-bond donors (Lipinski definition) is 1. The first-order valence-corrected chi connectivity index (χ1v) is 3.83. The van der Waals surface area contributed by atoms with E-state index in [0.29, 0.717) is 0 Å². The van der Waals surface area contributed by atoms with Crippen molar-refractivity contribution in [2.24, 2.45) is 5.92 Å². The van der Waals surface area contributed by atoms with Crippen LogP contribution in [0.1, 0.15) is 0 Å². The minimum atomic E-state index is -0.982. The van der Waals surface area contributed by atoms with E-state index >= 15 is 0 Å². The lowest BCUT2D eigenvalue weighted by Gasteiger charge is -2.32. The van der Waals surface area contributed by atoms with Crippen LogP contribution in [0, 0.1) is 5.92 Å². The van der Waals surface area contributed by atoms with Crippen molar-refractivity contribution < 1.29 is 19.4 Å². The molecule has 0 aromatic heterocycles. The first-order valence-electron chi connectivity index (χ1n) is 3.83. The second-order valence-corrected chi connectivity index (χ2v) is 2.91. The summed E-state index contributed by atoms with van der Waals surface area (Å²) in [5.41, 5.74) is 0. The van der Waals surface area contributed by atoms with Crippen LogP contribution in [-0.2, 0) is 9.53 Å². The summed E-state index contributed by atoms with van der Waals surface area (Å²) in [6.45, 7) is 3.57. The largest absolute Gasteiger partial charge is 0.481 e. The Balaban J connectivity index is 2.77. The smallest absolute Gasteiger partial charge is 0.410 e. The van der Waals surface area contributed by atoms with Crippen molar-refractivity contribution >= 4 is 12.1 Å². The van der Waals surface area contributed by atoms with Gasteiger partial charge in [0.15, 0.2) is 0 Å². The van der Waals surface area contributed by atoms with Gasteiger partial charge >= 0.3 is 12.1 Å². The van der Waals surface area contributed by atoms with E-state index in [0.717, 1.165) is 0 Å². The molecule has 0 spiro atoms. The van der Waals surface area contributed by atoms with Gasteiger partial charge in [-0.2, -0.15) is 0 Å². The monoisotopic (exact) mass is 185 g/mol. The topological polar surface area (TPSA) is 66.8 Å². The van der Waals surface area contributed by atoms with E-state index in [4.69, 9.17) is 9.84 Å². The fourth-order valence-corrected chi connectivity index (χ4v) is 1.19. The zero-order valence-electron chi connectivity index (χ0n) is 7.27. The number of carbonyl (C=O) groups is 2. The molecule has 0 saturated carbocycles. The van der Waals surface area contributed by atoms with Gasteiger partial charge in [-0.25, -0.2) is 4.79 Å². The minimum Gasteiger partial charge on any atom is -0.481 e. The molecule has 1 saturated heterocycles. The molecular weight excluding hydrogens is 174 g/mol. The predicted octanol–water partition coefficient (Wildman–Crippen LogP) is 0.324. The molecule has 1 heterocycles. The minimum absolute atomic E-state index is 0.158. The molecule has 1 amide bonds. The molecule has 0 aliphatic carbocycles. The number of amides is 1. The molecule has 1 rings (SSSR count). The number of rotatable bonds is 2. The molecular formula is C8H11NO4. The van der Waals surface area contributed by atoms with Crippen molar-refractivity contribution in [1.29, 1.82) is 0 Å². The van der Waals surface area contributed by atoms with E-state index < -0.39 is 24.1 Å². The maximum atomic E-state index is 11.0. The predicted molar refractivity (Wildman–Crippen MR) is 44.2 cm³/mol. The van der Waals surface area contributed by atoms with Gasteiger partial charge in [0.1, 0.15) is 12.0 Å². The lowest BCUT2D eigenvalue weighted by molar-refractivity contribution is -0.147. The van der Waals surface area contributed by atoms with Gasteiger partial charge in [-0.05, 0) is 0 Å². The van der Waals surface area contributed by atoms with Crippen LogP contribution in [0.5, 0.6) is 0 Å². The van der Waals surface area contributed by atoms with Crippen LogP contribution in [0.15, 0.2) is 12.7 Å². The van der Waals surface area contributed by atoms with Gasteiger partial charge in [-0.1, -0.05) is 12.7 Å². The molecule has 0 radical (unpaired) electrons. The Hall–Kier alpha value is -1.52. The molecule has 1 aliphatic heterocycles. The van der Waals surface area contributed by atoms with Crippen molar-refractivity contribution in [3.8, 4) is 0 Å². The second-order valence-electron chi connectivity index (χ2n) is 2.91. The van der Waals surface area contributed by atoms with E-state index in [1.807, 2.05) is 0 Å². The third kappa shape index (κ3) is 1.80. The van der Waals surface area contributed by atoms with Crippen molar-refractivity contribution in [1.82, 2.24) is 4.90 Å². The third-order valence-corrected chi connectivity index (χ3v) is 1.97. The van der Waals surface area contributed by atoms with Crippen molar-refractivity contribution in [3.05, 3.63) is 12.7 Å². The van der Waals surface area contributed by atoms with Gasteiger partial charge in [0.25, 0.3) is 0 Å². The number of cyclic esters (lactones) is 1. The highest BCUT2D eigenvalue weighted by Gasteiger charge is 2.36. The number of ether oxygens (including phenoxy) is 1. The van der Waals surface area contributed by atoms with Crippen LogP contribution < -0.4 is 0 Å². The van der Waals surface area contributed by atoms with Crippen LogP contribution in [0.3, 0.4) is 0 Å². The number of carbonyl (C=O) groups excluding carboxylic acids is 1. The molecule has 0 aromatic rings. The number of aliphatic carboxylic acids is 1. The summed E-state index contributed by atoms with van der Waals surface area (Å²) < 4.78 is 4.81. The first-order chi connectivity index (χ1) is 6.06. The molecule has 0 bridgehead atoms. The Labute approximate surface area is 75.6 Å². The van der Waals surface area contributed by atoms with Gasteiger partial charge < -0.3 is 14.7 Å². The van der Waals surface area contributed by atoms with Crippen LogP contribution in [0.4, 0.5) is 4.79 Å². The Morgan fingerprint density at radius 1 is 1.85 bits per heavy atom. The Morgan fingerprint density at radius 2 is 2.46 bits per heavy atom. The summed E-state index contributed by atoms with van der Waals surface area (Å²) in [6.07, 6.45) is 0.104. The molecule has 1 aliphatic rings. The summed E-state index contributed by atoms with van der Waals surface area (Å²) in [7, 11) is 1.50. The highest BCUT2D eigenvalue weighted by Crippen LogP contribution is 2.18. The lowest BCUT2D eigenvalue weighted by Crippen LogP contribution is -2.48. The SMILES string of the molecule is C=CC1OC(=O)N(C)CC1C(=O)O. The molecule has 5 heteroatoms. The van der Waals surface area contributed by atoms with Crippen molar-refractivity contribution in [2.75, 3.05) is 13.6 Å². The normalized spacial score (nSPS) is 28.1. The van der Waals surface area contributed by atoms with Gasteiger partial charge in [-0.15, -0.1) is 0 Å². The lowest BCUT2D eigenvalue weighted by atomic mass is 10.0. The summed E-state index contributed by atoms with van der Waals surface area (Å²) in [5.74, 6) is -1.70. The van der Waals surface area contributed by atoms with Gasteiger partial charge in [0.2, 0.25) is 0 Å². The highest BCUT2D eigenvalue weighted by atomic mass is 16.6. The molecule has 2 atom stereocenters. The zero-order valence-corrected chi connectivity index (χ0v) is 7.27. The van der Waals surface area contributed by atoms with Gasteiger partial charge in [0, 0.05) is 13.6 Å². The highest BCUT2D eigenvalue weighted by molar-refractivity contribution is 5.76. The molecule has 0 aromatic carbocycles. The van der Waals surface area contributed by atoms with Crippen LogP contribution in [0.25, 0.3) is 0 Å². The molecule has 5 nitrogen and oxygen atoms in total. The molecule has 1 N–H and O–H groups in total. The Bertz CT molecular complexity index is 251. The van der Waals surface area contributed by atoms with E-state index in [1.165, 1.54) is 18.0 Å². The number of hydrogen-bond acceptors (Lipinski definition) is 3. The summed E-state index contributed by atoms with van der Waals surface area (Å²) in [4.78, 5) is 22.9. The van der Waals surface area contributed by atoms with E-state index in [-0.39, 0.29) is 6.54 Å². The van der Waals surface area contributed by atoms with Crippen LogP contribution in [0.2, 0.25) is 0 Å². The van der Waals surface area contributed by atoms with Crippen molar-refractivity contribution in [3.63, 3.8) is 0 Å². The fraction of sp³-hybridized carbons (Fsp3) is 0.500. The zero-order chi connectivity index (χ0) is 10.0. The maximum Gasteiger partial charge on any atom is 0.410 e. The van der Waals surface area contributed by atoms with Gasteiger partial charge in [0.05, 0.1) is 0 Å². The molecule has 72 valence electrons. The van der Waals surface area contributed by atoms with Crippen molar-refractivity contribution in [2.45, 2.75) is 6.10 Å². The van der Waals surface area contributed by atoms with E-state index in [9.17, 15) is 9.59 Å². The standard InChI is InChI=1S/C8H11NO4/c1-3-6-5(7(10)11)4-9(2)8(12)13-6/h3,5-6H,1,4H2,2H3,(H,10,11). The molecule has 1 fully saturated rings. The Morgan fingerprint density at radius 3 is 2.92 bits per heavy atom. The first kappa shape index (κ1) is 9.57. The quantitative estimate of drug-likeness (QED) is 0.629. The third-order valence-electron chi connectivity index (χ3n) is 1.97. The fourth-order valence-electron chi connectivity index (χ4n) is 1.19. The maximum absolute atomic E-state index is 11.0. The number of carboxylic acid groups (broad SMARTS) is 1. The number of carboxylic acids is 1. The van der Waals surface area contributed by atoms with Crippen LogP contribution >= 0.6 is 0 Å². The average Bonchev–Trinajstić information content (AvgIpc) is 2.08. The summed E-state index contributed by atoms with van der Waals surface area (Å²) in [6, 6.07) is 0. The summed E-state index contributed by atoms with van der Waals surface area (Å²) >= 11 is 0. The van der Waals surface area contributed by atoms with Crippen LogP contribution in [-0.4, -0.2) is 41.8 Å². The van der Waals surface area contributed by atoms with Gasteiger partial charge in [-0.3, -0.25) is 4.79 Å². The average molecular weight is 185 g/mol. The summed E-state index contributed by atoms with van der Waals surface area (Å²) in [5, 5.41) is 8.78. The molecule has 13 heavy (non-hydrogen) atoms.